The molecule has 1 atom stereocenters. The second-order valence-corrected chi connectivity index (χ2v) is 8.61. The van der Waals surface area contributed by atoms with Gasteiger partial charge in [-0.3, -0.25) is 14.2 Å². The number of hydrogen-bond acceptors (Lipinski definition) is 6. The van der Waals surface area contributed by atoms with Crippen LogP contribution in [-0.2, 0) is 16.1 Å². The van der Waals surface area contributed by atoms with Crippen molar-refractivity contribution in [1.29, 1.82) is 0 Å². The number of aromatic nitrogens is 2. The zero-order valence-corrected chi connectivity index (χ0v) is 19.0. The van der Waals surface area contributed by atoms with E-state index in [1.807, 2.05) is 32.0 Å². The number of anilines is 1. The van der Waals surface area contributed by atoms with Crippen molar-refractivity contribution in [3.05, 3.63) is 28.6 Å². The molecule has 30 heavy (non-hydrogen) atoms. The van der Waals surface area contributed by atoms with E-state index in [4.69, 9.17) is 9.72 Å². The van der Waals surface area contributed by atoms with Gasteiger partial charge in [0.25, 0.3) is 5.56 Å². The van der Waals surface area contributed by atoms with Crippen molar-refractivity contribution in [2.45, 2.75) is 57.8 Å². The molecular weight excluding hydrogens is 400 g/mol. The third-order valence-electron chi connectivity index (χ3n) is 5.37. The molecule has 164 valence electrons. The molecule has 0 saturated carbocycles. The lowest BCUT2D eigenvalue weighted by molar-refractivity contribution is -0.119. The van der Waals surface area contributed by atoms with Gasteiger partial charge in [0.1, 0.15) is 0 Å². The molecule has 0 spiro atoms. The third kappa shape index (κ3) is 5.55. The highest BCUT2D eigenvalue weighted by Gasteiger charge is 2.17. The summed E-state index contributed by atoms with van der Waals surface area (Å²) in [6, 6.07) is 6.02. The minimum atomic E-state index is -0.0339. The number of rotatable bonds is 9. The van der Waals surface area contributed by atoms with Crippen molar-refractivity contribution < 1.29 is 9.53 Å². The number of carbonyl (C=O) groups excluding carboxylic acids is 1. The number of unbranched alkanes of at least 4 members (excludes halogenated alkanes) is 1. The molecule has 2 aromatic rings. The van der Waals surface area contributed by atoms with Crippen LogP contribution in [0.25, 0.3) is 10.9 Å². The van der Waals surface area contributed by atoms with Gasteiger partial charge < -0.3 is 15.0 Å². The summed E-state index contributed by atoms with van der Waals surface area (Å²) in [5.74, 6) is 0.216. The average Bonchev–Trinajstić information content (AvgIpc) is 2.77. The van der Waals surface area contributed by atoms with Crippen LogP contribution >= 0.6 is 11.8 Å². The second kappa shape index (κ2) is 10.8. The molecule has 3 rings (SSSR count). The zero-order chi connectivity index (χ0) is 21.5. The Morgan fingerprint density at radius 3 is 2.77 bits per heavy atom. The Morgan fingerprint density at radius 2 is 2.07 bits per heavy atom. The Balaban J connectivity index is 1.89. The fourth-order valence-electron chi connectivity index (χ4n) is 3.38. The molecule has 0 bridgehead atoms. The first-order valence-corrected chi connectivity index (χ1v) is 11.8. The second-order valence-electron chi connectivity index (χ2n) is 7.67. The van der Waals surface area contributed by atoms with Crippen LogP contribution in [-0.4, -0.2) is 53.6 Å². The summed E-state index contributed by atoms with van der Waals surface area (Å²) in [6.45, 7) is 9.77. The maximum absolute atomic E-state index is 13.3. The summed E-state index contributed by atoms with van der Waals surface area (Å²) >= 11 is 1.33. The zero-order valence-electron chi connectivity index (χ0n) is 18.1. The van der Waals surface area contributed by atoms with Gasteiger partial charge in [0, 0.05) is 31.4 Å². The molecule has 1 fully saturated rings. The number of nitrogens with one attached hydrogen (secondary N) is 1. The average molecular weight is 433 g/mol. The first-order valence-electron chi connectivity index (χ1n) is 10.8. The van der Waals surface area contributed by atoms with Crippen molar-refractivity contribution >= 4 is 34.3 Å². The normalized spacial score (nSPS) is 15.4. The van der Waals surface area contributed by atoms with Gasteiger partial charge in [0.2, 0.25) is 5.91 Å². The number of thioether (sulfide) groups is 1. The monoisotopic (exact) mass is 432 g/mol. The van der Waals surface area contributed by atoms with Crippen LogP contribution in [0.4, 0.5) is 5.69 Å². The first-order chi connectivity index (χ1) is 14.5. The van der Waals surface area contributed by atoms with E-state index in [1.54, 1.807) is 4.57 Å². The first kappa shape index (κ1) is 22.6. The third-order valence-corrected chi connectivity index (χ3v) is 6.34. The van der Waals surface area contributed by atoms with E-state index in [9.17, 15) is 9.59 Å². The summed E-state index contributed by atoms with van der Waals surface area (Å²) in [7, 11) is 0. The van der Waals surface area contributed by atoms with E-state index >= 15 is 0 Å². The summed E-state index contributed by atoms with van der Waals surface area (Å²) in [4.78, 5) is 32.5. The highest BCUT2D eigenvalue weighted by atomic mass is 32.2. The molecule has 7 nitrogen and oxygen atoms in total. The molecule has 1 aromatic heterocycles. The smallest absolute Gasteiger partial charge is 0.262 e. The maximum atomic E-state index is 13.3. The van der Waals surface area contributed by atoms with Gasteiger partial charge in [0.15, 0.2) is 5.16 Å². The minimum absolute atomic E-state index is 0.0339. The molecule has 2 heterocycles. The van der Waals surface area contributed by atoms with Gasteiger partial charge in [-0.2, -0.15) is 0 Å². The Morgan fingerprint density at radius 1 is 1.30 bits per heavy atom. The highest BCUT2D eigenvalue weighted by Crippen LogP contribution is 2.23. The van der Waals surface area contributed by atoms with Crippen molar-refractivity contribution in [2.24, 2.45) is 0 Å². The Hall–Kier alpha value is -2.06. The predicted molar refractivity (Wildman–Crippen MR) is 123 cm³/mol. The summed E-state index contributed by atoms with van der Waals surface area (Å²) in [6.07, 6.45) is 2.76. The number of amides is 1. The minimum Gasteiger partial charge on any atom is -0.378 e. The fraction of sp³-hybridized carbons (Fsp3) is 0.591. The van der Waals surface area contributed by atoms with E-state index < -0.39 is 0 Å². The van der Waals surface area contributed by atoms with Gasteiger partial charge in [-0.15, -0.1) is 0 Å². The Kier molecular flexibility index (Phi) is 8.16. The molecule has 0 radical (unpaired) electrons. The summed E-state index contributed by atoms with van der Waals surface area (Å²) in [5, 5.41) is 4.21. The molecule has 1 N–H and O–H groups in total. The lowest BCUT2D eigenvalue weighted by Gasteiger charge is -2.29. The molecule has 1 saturated heterocycles. The molecule has 1 aliphatic rings. The van der Waals surface area contributed by atoms with Crippen molar-refractivity contribution in [3.63, 3.8) is 0 Å². The Labute approximate surface area is 182 Å². The molecule has 1 amide bonds. The molecule has 0 aliphatic carbocycles. The van der Waals surface area contributed by atoms with Crippen molar-refractivity contribution in [3.8, 4) is 0 Å². The summed E-state index contributed by atoms with van der Waals surface area (Å²) in [5.41, 5.74) is 1.67. The predicted octanol–water partition coefficient (Wildman–Crippen LogP) is 3.04. The van der Waals surface area contributed by atoms with Crippen LogP contribution in [0.2, 0.25) is 0 Å². The number of morpholine rings is 1. The lowest BCUT2D eigenvalue weighted by atomic mass is 10.2. The largest absolute Gasteiger partial charge is 0.378 e. The maximum Gasteiger partial charge on any atom is 0.262 e. The van der Waals surface area contributed by atoms with E-state index in [0.29, 0.717) is 35.8 Å². The van der Waals surface area contributed by atoms with Gasteiger partial charge in [-0.1, -0.05) is 32.0 Å². The molecular formula is C22H32N4O3S. The van der Waals surface area contributed by atoms with E-state index in [-0.39, 0.29) is 23.3 Å². The van der Waals surface area contributed by atoms with Gasteiger partial charge in [0.05, 0.1) is 29.9 Å². The van der Waals surface area contributed by atoms with Crippen LogP contribution in [0, 0.1) is 0 Å². The van der Waals surface area contributed by atoms with Crippen LogP contribution in [0.15, 0.2) is 28.2 Å². The standard InChI is InChI=1S/C22H32N4O3S/c1-4-6-9-26-21(28)18-14-17(25-10-12-29-13-11-25)7-8-19(18)24-22(26)30-15-20(27)23-16(3)5-2/h7-8,14,16H,4-6,9-13,15H2,1-3H3,(H,23,27). The molecule has 1 unspecified atom stereocenters. The van der Waals surface area contributed by atoms with E-state index in [0.717, 1.165) is 38.0 Å². The van der Waals surface area contributed by atoms with Gasteiger partial charge >= 0.3 is 0 Å². The number of benzene rings is 1. The summed E-state index contributed by atoms with van der Waals surface area (Å²) < 4.78 is 7.17. The van der Waals surface area contributed by atoms with Crippen LogP contribution in [0.1, 0.15) is 40.0 Å². The number of ether oxygens (including phenoxy) is 1. The van der Waals surface area contributed by atoms with Crippen molar-refractivity contribution in [1.82, 2.24) is 14.9 Å². The van der Waals surface area contributed by atoms with Crippen LogP contribution in [0.3, 0.4) is 0 Å². The van der Waals surface area contributed by atoms with Crippen LogP contribution in [0.5, 0.6) is 0 Å². The Bertz CT molecular complexity index is 924. The van der Waals surface area contributed by atoms with E-state index in [1.165, 1.54) is 11.8 Å². The SMILES string of the molecule is CCCCn1c(SCC(=O)NC(C)CC)nc2ccc(N3CCOCC3)cc2c1=O. The molecule has 1 aliphatic heterocycles. The number of carbonyl (C=O) groups is 1. The number of hydrogen-bond donors (Lipinski definition) is 1. The van der Waals surface area contributed by atoms with Gasteiger partial charge in [-0.05, 0) is 38.0 Å². The van der Waals surface area contributed by atoms with Gasteiger partial charge in [-0.25, -0.2) is 4.98 Å². The van der Waals surface area contributed by atoms with Crippen LogP contribution < -0.4 is 15.8 Å². The number of nitrogens with zero attached hydrogens (tertiary/aromatic N) is 3. The molecule has 8 heteroatoms. The quantitative estimate of drug-likeness (QED) is 0.485. The van der Waals surface area contributed by atoms with E-state index in [2.05, 4.69) is 17.1 Å². The topological polar surface area (TPSA) is 76.5 Å². The highest BCUT2D eigenvalue weighted by molar-refractivity contribution is 7.99. The molecule has 1 aromatic carbocycles. The van der Waals surface area contributed by atoms with Crippen molar-refractivity contribution in [2.75, 3.05) is 37.0 Å². The lowest BCUT2D eigenvalue weighted by Crippen LogP contribution is -2.36. The number of fused-ring (bicyclic) bond motifs is 1. The fourth-order valence-corrected chi connectivity index (χ4v) is 4.22.